The standard InChI is InChI=1S/C15H18ClNO3S/c1-9-4-13(14(20-3)6-12(9)16)17-7-11(5-15(17)19)8-21-10(2)18/h4,6,11H,5,7-8H2,1-3H3. The molecular weight excluding hydrogens is 310 g/mol. The lowest BCUT2D eigenvalue weighted by Gasteiger charge is -2.20. The van der Waals surface area contributed by atoms with Gasteiger partial charge in [-0.1, -0.05) is 23.4 Å². The third kappa shape index (κ3) is 3.71. The molecule has 0 aromatic heterocycles. The lowest BCUT2D eigenvalue weighted by molar-refractivity contribution is -0.117. The molecule has 6 heteroatoms. The number of anilines is 1. The summed E-state index contributed by atoms with van der Waals surface area (Å²) < 4.78 is 5.34. The fourth-order valence-corrected chi connectivity index (χ4v) is 3.23. The first-order valence-electron chi connectivity index (χ1n) is 6.70. The topological polar surface area (TPSA) is 46.6 Å². The first-order chi connectivity index (χ1) is 9.92. The Balaban J connectivity index is 2.20. The minimum Gasteiger partial charge on any atom is -0.495 e. The maximum absolute atomic E-state index is 12.2. The highest BCUT2D eigenvalue weighted by Crippen LogP contribution is 2.37. The van der Waals surface area contributed by atoms with E-state index >= 15 is 0 Å². The van der Waals surface area contributed by atoms with Crippen molar-refractivity contribution in [2.24, 2.45) is 5.92 Å². The van der Waals surface area contributed by atoms with E-state index in [2.05, 4.69) is 0 Å². The van der Waals surface area contributed by atoms with Crippen molar-refractivity contribution in [1.29, 1.82) is 0 Å². The van der Waals surface area contributed by atoms with Gasteiger partial charge in [0.25, 0.3) is 0 Å². The van der Waals surface area contributed by atoms with Gasteiger partial charge in [0.2, 0.25) is 5.91 Å². The molecule has 1 amide bonds. The number of benzene rings is 1. The number of ether oxygens (including phenoxy) is 1. The number of nitrogens with zero attached hydrogens (tertiary/aromatic N) is 1. The van der Waals surface area contributed by atoms with Gasteiger partial charge in [-0.05, 0) is 24.5 Å². The van der Waals surface area contributed by atoms with Crippen molar-refractivity contribution in [3.8, 4) is 5.75 Å². The summed E-state index contributed by atoms with van der Waals surface area (Å²) in [6.45, 7) is 4.05. The molecule has 1 aliphatic heterocycles. The van der Waals surface area contributed by atoms with Gasteiger partial charge < -0.3 is 9.64 Å². The van der Waals surface area contributed by atoms with Gasteiger partial charge in [0.1, 0.15) is 5.75 Å². The van der Waals surface area contributed by atoms with Crippen molar-refractivity contribution in [1.82, 2.24) is 0 Å². The number of carbonyl (C=O) groups excluding carboxylic acids is 2. The van der Waals surface area contributed by atoms with Gasteiger partial charge in [0, 0.05) is 36.7 Å². The summed E-state index contributed by atoms with van der Waals surface area (Å²) in [5.41, 5.74) is 1.65. The van der Waals surface area contributed by atoms with Crippen molar-refractivity contribution in [2.45, 2.75) is 20.3 Å². The predicted molar refractivity (Wildman–Crippen MR) is 86.3 cm³/mol. The molecule has 1 aromatic rings. The molecule has 0 saturated carbocycles. The summed E-state index contributed by atoms with van der Waals surface area (Å²) in [6, 6.07) is 3.61. The average molecular weight is 328 g/mol. The fourth-order valence-electron chi connectivity index (χ4n) is 2.38. The average Bonchev–Trinajstić information content (AvgIpc) is 2.80. The Morgan fingerprint density at radius 3 is 2.86 bits per heavy atom. The maximum atomic E-state index is 12.2. The molecule has 1 unspecified atom stereocenters. The van der Waals surface area contributed by atoms with Crippen molar-refractivity contribution < 1.29 is 14.3 Å². The van der Waals surface area contributed by atoms with Gasteiger partial charge in [0.15, 0.2) is 5.12 Å². The molecule has 4 nitrogen and oxygen atoms in total. The molecule has 0 N–H and O–H groups in total. The van der Waals surface area contributed by atoms with Crippen molar-refractivity contribution >= 4 is 40.1 Å². The lowest BCUT2D eigenvalue weighted by Crippen LogP contribution is -2.25. The van der Waals surface area contributed by atoms with E-state index in [1.807, 2.05) is 13.0 Å². The molecular formula is C15H18ClNO3S. The molecule has 2 rings (SSSR count). The molecule has 1 fully saturated rings. The summed E-state index contributed by atoms with van der Waals surface area (Å²) in [5.74, 6) is 1.52. The fraction of sp³-hybridized carbons (Fsp3) is 0.467. The van der Waals surface area contributed by atoms with Crippen LogP contribution < -0.4 is 9.64 Å². The zero-order chi connectivity index (χ0) is 15.6. The van der Waals surface area contributed by atoms with Gasteiger partial charge in [-0.15, -0.1) is 0 Å². The van der Waals surface area contributed by atoms with E-state index in [9.17, 15) is 9.59 Å². The molecule has 0 aliphatic carbocycles. The van der Waals surface area contributed by atoms with E-state index in [4.69, 9.17) is 16.3 Å². The van der Waals surface area contributed by atoms with Crippen LogP contribution in [0.1, 0.15) is 18.9 Å². The number of methoxy groups -OCH3 is 1. The SMILES string of the molecule is COc1cc(Cl)c(C)cc1N1CC(CSC(C)=O)CC1=O. The quantitative estimate of drug-likeness (QED) is 0.851. The Morgan fingerprint density at radius 1 is 1.52 bits per heavy atom. The van der Waals surface area contributed by atoms with E-state index in [-0.39, 0.29) is 16.9 Å². The van der Waals surface area contributed by atoms with E-state index in [1.165, 1.54) is 11.8 Å². The minimum atomic E-state index is 0.0594. The van der Waals surface area contributed by atoms with Crippen LogP contribution in [0.4, 0.5) is 5.69 Å². The van der Waals surface area contributed by atoms with Crippen LogP contribution in [0.5, 0.6) is 5.75 Å². The number of carbonyl (C=O) groups is 2. The number of hydrogen-bond acceptors (Lipinski definition) is 4. The van der Waals surface area contributed by atoms with E-state index in [0.717, 1.165) is 11.3 Å². The van der Waals surface area contributed by atoms with Crippen LogP contribution in [0.3, 0.4) is 0 Å². The zero-order valence-electron chi connectivity index (χ0n) is 12.3. The lowest BCUT2D eigenvalue weighted by atomic mass is 10.1. The molecule has 0 bridgehead atoms. The number of amides is 1. The third-order valence-electron chi connectivity index (χ3n) is 3.48. The normalized spacial score (nSPS) is 18.2. The van der Waals surface area contributed by atoms with Crippen LogP contribution in [-0.4, -0.2) is 30.4 Å². The molecule has 21 heavy (non-hydrogen) atoms. The minimum absolute atomic E-state index is 0.0594. The van der Waals surface area contributed by atoms with Gasteiger partial charge in [-0.25, -0.2) is 0 Å². The van der Waals surface area contributed by atoms with Crippen LogP contribution in [-0.2, 0) is 9.59 Å². The molecule has 1 saturated heterocycles. The van der Waals surface area contributed by atoms with Crippen LogP contribution >= 0.6 is 23.4 Å². The highest BCUT2D eigenvalue weighted by molar-refractivity contribution is 8.13. The Kier molecular flexibility index (Phi) is 5.17. The van der Waals surface area contributed by atoms with Gasteiger partial charge >= 0.3 is 0 Å². The second kappa shape index (κ2) is 6.71. The van der Waals surface area contributed by atoms with E-state index in [1.54, 1.807) is 25.0 Å². The molecule has 1 heterocycles. The number of thioether (sulfide) groups is 1. The predicted octanol–water partition coefficient (Wildman–Crippen LogP) is 3.29. The molecule has 0 spiro atoms. The Bertz CT molecular complexity index is 576. The monoisotopic (exact) mass is 327 g/mol. The van der Waals surface area contributed by atoms with Crippen molar-refractivity contribution in [2.75, 3.05) is 24.3 Å². The van der Waals surface area contributed by atoms with Gasteiger partial charge in [0.05, 0.1) is 12.8 Å². The summed E-state index contributed by atoms with van der Waals surface area (Å²) in [6.07, 6.45) is 0.463. The molecule has 114 valence electrons. The van der Waals surface area contributed by atoms with Gasteiger partial charge in [-0.2, -0.15) is 0 Å². The Morgan fingerprint density at radius 2 is 2.24 bits per heavy atom. The van der Waals surface area contributed by atoms with Gasteiger partial charge in [-0.3, -0.25) is 9.59 Å². The molecule has 1 aromatic carbocycles. The molecule has 1 aliphatic rings. The third-order valence-corrected chi connectivity index (χ3v) is 4.93. The highest BCUT2D eigenvalue weighted by atomic mass is 35.5. The molecule has 1 atom stereocenters. The largest absolute Gasteiger partial charge is 0.495 e. The smallest absolute Gasteiger partial charge is 0.227 e. The van der Waals surface area contributed by atoms with Crippen LogP contribution in [0.2, 0.25) is 5.02 Å². The number of rotatable bonds is 4. The zero-order valence-corrected chi connectivity index (χ0v) is 13.9. The first kappa shape index (κ1) is 16.2. The summed E-state index contributed by atoms with van der Waals surface area (Å²) in [7, 11) is 1.56. The summed E-state index contributed by atoms with van der Waals surface area (Å²) >= 11 is 7.37. The number of hydrogen-bond donors (Lipinski definition) is 0. The van der Waals surface area contributed by atoms with E-state index < -0.39 is 0 Å². The maximum Gasteiger partial charge on any atom is 0.227 e. The molecule has 0 radical (unpaired) electrons. The van der Waals surface area contributed by atoms with Crippen LogP contribution in [0, 0.1) is 12.8 Å². The van der Waals surface area contributed by atoms with Crippen molar-refractivity contribution in [3.05, 3.63) is 22.7 Å². The number of halogens is 1. The summed E-state index contributed by atoms with van der Waals surface area (Å²) in [4.78, 5) is 25.0. The van der Waals surface area contributed by atoms with Crippen molar-refractivity contribution in [3.63, 3.8) is 0 Å². The highest BCUT2D eigenvalue weighted by Gasteiger charge is 2.32. The Hall–Kier alpha value is -1.20. The van der Waals surface area contributed by atoms with Crippen LogP contribution in [0.25, 0.3) is 0 Å². The van der Waals surface area contributed by atoms with E-state index in [0.29, 0.717) is 29.5 Å². The first-order valence-corrected chi connectivity index (χ1v) is 8.06. The second-order valence-corrected chi connectivity index (χ2v) is 6.75. The Labute approximate surface area is 133 Å². The summed E-state index contributed by atoms with van der Waals surface area (Å²) in [5, 5.41) is 0.701. The van der Waals surface area contributed by atoms with Crippen LogP contribution in [0.15, 0.2) is 12.1 Å². The number of aryl methyl sites for hydroxylation is 1. The second-order valence-electron chi connectivity index (χ2n) is 5.15.